The van der Waals surface area contributed by atoms with Crippen molar-refractivity contribution in [3.8, 4) is 5.75 Å². The van der Waals surface area contributed by atoms with Gasteiger partial charge in [-0.05, 0) is 30.5 Å². The first-order valence-electron chi connectivity index (χ1n) is 7.97. The molecule has 0 saturated heterocycles. The van der Waals surface area contributed by atoms with Crippen molar-refractivity contribution in [1.29, 1.82) is 0 Å². The highest BCUT2D eigenvalue weighted by molar-refractivity contribution is 5.27. The van der Waals surface area contributed by atoms with E-state index in [1.807, 2.05) is 0 Å². The molecule has 0 amide bonds. The summed E-state index contributed by atoms with van der Waals surface area (Å²) >= 11 is 0. The number of nitrogens with zero attached hydrogens (tertiary/aromatic N) is 4. The zero-order valence-corrected chi connectivity index (χ0v) is 13.0. The highest BCUT2D eigenvalue weighted by atomic mass is 19.4. The smallest absolute Gasteiger partial charge is 0.406 e. The summed E-state index contributed by atoms with van der Waals surface area (Å²) in [5.74, 6) is 2.47. The van der Waals surface area contributed by atoms with E-state index in [-0.39, 0.29) is 5.75 Å². The Kier molecular flexibility index (Phi) is 3.71. The highest BCUT2D eigenvalue weighted by Gasteiger charge is 2.32. The predicted octanol–water partition coefficient (Wildman–Crippen LogP) is 3.07. The van der Waals surface area contributed by atoms with Crippen molar-refractivity contribution in [2.75, 3.05) is 6.54 Å². The van der Waals surface area contributed by atoms with E-state index in [0.29, 0.717) is 19.0 Å². The molecule has 1 fully saturated rings. The van der Waals surface area contributed by atoms with E-state index in [9.17, 15) is 13.2 Å². The Morgan fingerprint density at radius 1 is 1.08 bits per heavy atom. The lowest BCUT2D eigenvalue weighted by Gasteiger charge is -2.27. The number of alkyl halides is 3. The summed E-state index contributed by atoms with van der Waals surface area (Å²) in [6.45, 7) is 3.12. The SMILES string of the molecule is FC(F)(F)Oc1ccc(CN2CCn3c(nnc3C3CC3)C2)cc1. The molecule has 8 heteroatoms. The van der Waals surface area contributed by atoms with E-state index in [2.05, 4.69) is 24.4 Å². The molecule has 0 N–H and O–H groups in total. The van der Waals surface area contributed by atoms with Crippen LogP contribution in [0.25, 0.3) is 0 Å². The maximum Gasteiger partial charge on any atom is 0.573 e. The van der Waals surface area contributed by atoms with Crippen LogP contribution >= 0.6 is 0 Å². The lowest BCUT2D eigenvalue weighted by Crippen LogP contribution is -2.33. The number of benzene rings is 1. The largest absolute Gasteiger partial charge is 0.573 e. The number of hydrogen-bond acceptors (Lipinski definition) is 4. The van der Waals surface area contributed by atoms with E-state index in [1.54, 1.807) is 12.1 Å². The highest BCUT2D eigenvalue weighted by Crippen LogP contribution is 2.39. The Morgan fingerprint density at radius 3 is 2.50 bits per heavy atom. The van der Waals surface area contributed by atoms with Crippen LogP contribution in [-0.4, -0.2) is 32.6 Å². The van der Waals surface area contributed by atoms with E-state index < -0.39 is 6.36 Å². The molecule has 0 radical (unpaired) electrons. The Morgan fingerprint density at radius 2 is 1.83 bits per heavy atom. The minimum atomic E-state index is -4.66. The summed E-state index contributed by atoms with van der Waals surface area (Å²) in [6.07, 6.45) is -2.25. The Hall–Kier alpha value is -2.09. The molecular weight excluding hydrogens is 321 g/mol. The van der Waals surface area contributed by atoms with Gasteiger partial charge in [0.25, 0.3) is 0 Å². The second kappa shape index (κ2) is 5.77. The van der Waals surface area contributed by atoms with E-state index in [4.69, 9.17) is 0 Å². The first-order valence-corrected chi connectivity index (χ1v) is 7.97. The third-order valence-corrected chi connectivity index (χ3v) is 4.37. The molecule has 2 aromatic rings. The summed E-state index contributed by atoms with van der Waals surface area (Å²) < 4.78 is 42.6. The fraction of sp³-hybridized carbons (Fsp3) is 0.500. The van der Waals surface area contributed by atoms with Gasteiger partial charge >= 0.3 is 6.36 Å². The molecule has 0 bridgehead atoms. The molecule has 1 saturated carbocycles. The molecule has 4 rings (SSSR count). The maximum absolute atomic E-state index is 12.2. The molecular formula is C16H17F3N4O. The van der Waals surface area contributed by atoms with Crippen molar-refractivity contribution in [2.45, 2.75) is 44.8 Å². The molecule has 2 aliphatic rings. The van der Waals surface area contributed by atoms with Crippen LogP contribution in [0.15, 0.2) is 24.3 Å². The maximum atomic E-state index is 12.2. The van der Waals surface area contributed by atoms with Crippen molar-refractivity contribution in [2.24, 2.45) is 0 Å². The first kappa shape index (κ1) is 15.4. The van der Waals surface area contributed by atoms with Crippen molar-refractivity contribution < 1.29 is 17.9 Å². The second-order valence-corrected chi connectivity index (χ2v) is 6.30. The van der Waals surface area contributed by atoms with Crippen LogP contribution in [0.2, 0.25) is 0 Å². The van der Waals surface area contributed by atoms with Crippen molar-refractivity contribution >= 4 is 0 Å². The lowest BCUT2D eigenvalue weighted by molar-refractivity contribution is -0.274. The van der Waals surface area contributed by atoms with Crippen LogP contribution in [0.4, 0.5) is 13.2 Å². The fourth-order valence-electron chi connectivity index (χ4n) is 3.06. The molecule has 5 nitrogen and oxygen atoms in total. The number of ether oxygens (including phenoxy) is 1. The molecule has 1 aliphatic heterocycles. The Labute approximate surface area is 137 Å². The van der Waals surface area contributed by atoms with Crippen molar-refractivity contribution in [3.63, 3.8) is 0 Å². The molecule has 2 heterocycles. The summed E-state index contributed by atoms with van der Waals surface area (Å²) in [5.41, 5.74) is 0.944. The lowest BCUT2D eigenvalue weighted by atomic mass is 10.2. The molecule has 0 atom stereocenters. The minimum Gasteiger partial charge on any atom is -0.406 e. The van der Waals surface area contributed by atoms with E-state index in [0.717, 1.165) is 30.3 Å². The summed E-state index contributed by atoms with van der Waals surface area (Å²) in [5, 5.41) is 8.60. The molecule has 24 heavy (non-hydrogen) atoms. The van der Waals surface area contributed by atoms with Gasteiger partial charge in [-0.25, -0.2) is 0 Å². The molecule has 0 unspecified atom stereocenters. The van der Waals surface area contributed by atoms with E-state index in [1.165, 1.54) is 25.0 Å². The van der Waals surface area contributed by atoms with Gasteiger partial charge in [0.15, 0.2) is 0 Å². The number of halogens is 3. The van der Waals surface area contributed by atoms with Crippen LogP contribution < -0.4 is 4.74 Å². The molecule has 128 valence electrons. The van der Waals surface area contributed by atoms with Gasteiger partial charge in [0, 0.05) is 25.6 Å². The molecule has 1 aromatic heterocycles. The summed E-state index contributed by atoms with van der Waals surface area (Å²) in [7, 11) is 0. The average Bonchev–Trinajstić information content (AvgIpc) is 3.28. The predicted molar refractivity (Wildman–Crippen MR) is 79.2 cm³/mol. The van der Waals surface area contributed by atoms with Crippen molar-refractivity contribution in [1.82, 2.24) is 19.7 Å². The minimum absolute atomic E-state index is 0.196. The van der Waals surface area contributed by atoms with Crippen LogP contribution in [0.1, 0.15) is 36.0 Å². The number of aromatic nitrogens is 3. The summed E-state index contributed by atoms with van der Waals surface area (Å²) in [4.78, 5) is 2.22. The molecule has 1 aliphatic carbocycles. The Balaban J connectivity index is 1.39. The van der Waals surface area contributed by atoms with Crippen molar-refractivity contribution in [3.05, 3.63) is 41.5 Å². The van der Waals surface area contributed by atoms with Crippen LogP contribution in [-0.2, 0) is 19.6 Å². The topological polar surface area (TPSA) is 43.2 Å². The number of fused-ring (bicyclic) bond motifs is 1. The van der Waals surface area contributed by atoms with E-state index >= 15 is 0 Å². The van der Waals surface area contributed by atoms with Gasteiger partial charge in [-0.3, -0.25) is 4.90 Å². The zero-order chi connectivity index (χ0) is 16.7. The van der Waals surface area contributed by atoms with Crippen LogP contribution in [0, 0.1) is 0 Å². The van der Waals surface area contributed by atoms with Crippen LogP contribution in [0.5, 0.6) is 5.75 Å². The number of rotatable bonds is 4. The monoisotopic (exact) mass is 338 g/mol. The second-order valence-electron chi connectivity index (χ2n) is 6.30. The fourth-order valence-corrected chi connectivity index (χ4v) is 3.06. The van der Waals surface area contributed by atoms with Gasteiger partial charge in [0.05, 0.1) is 6.54 Å². The van der Waals surface area contributed by atoms with Gasteiger partial charge in [0.1, 0.15) is 17.4 Å². The van der Waals surface area contributed by atoms with Crippen LogP contribution in [0.3, 0.4) is 0 Å². The third kappa shape index (κ3) is 3.38. The Bertz CT molecular complexity index is 722. The zero-order valence-electron chi connectivity index (χ0n) is 13.0. The third-order valence-electron chi connectivity index (χ3n) is 4.37. The summed E-state index contributed by atoms with van der Waals surface area (Å²) in [6, 6.07) is 6.02. The van der Waals surface area contributed by atoms with Gasteiger partial charge in [-0.2, -0.15) is 0 Å². The van der Waals surface area contributed by atoms with Gasteiger partial charge in [0.2, 0.25) is 0 Å². The van der Waals surface area contributed by atoms with Gasteiger partial charge in [-0.15, -0.1) is 23.4 Å². The average molecular weight is 338 g/mol. The normalized spacial score (nSPS) is 18.5. The number of hydrogen-bond donors (Lipinski definition) is 0. The molecule has 0 spiro atoms. The van der Waals surface area contributed by atoms with Gasteiger partial charge < -0.3 is 9.30 Å². The quantitative estimate of drug-likeness (QED) is 0.859. The van der Waals surface area contributed by atoms with Gasteiger partial charge in [-0.1, -0.05) is 12.1 Å². The molecule has 1 aromatic carbocycles. The first-order chi connectivity index (χ1) is 11.5. The standard InChI is InChI=1S/C16H17F3N4O/c17-16(18,19)24-13-5-1-11(2-6-13)9-22-7-8-23-14(10-22)20-21-15(23)12-3-4-12/h1-2,5-6,12H,3-4,7-10H2.